The summed E-state index contributed by atoms with van der Waals surface area (Å²) in [6.45, 7) is 7.22. The lowest BCUT2D eigenvalue weighted by atomic mass is 10.1. The number of ether oxygens (including phenoxy) is 4. The molecule has 0 heterocycles. The first kappa shape index (κ1) is 50.4. The lowest BCUT2D eigenvalue weighted by Gasteiger charge is -2.20. The summed E-state index contributed by atoms with van der Waals surface area (Å²) in [6, 6.07) is -0.654. The minimum Gasteiger partial charge on any atom is -0.379 e. The van der Waals surface area contributed by atoms with E-state index in [2.05, 4.69) is 19.2 Å². The summed E-state index contributed by atoms with van der Waals surface area (Å²) < 4.78 is 59.7. The SMILES string of the molecule is CCCCCCCCCCCCOC[C@@H](CNC[C@@H](N)C(=O)CCCOCCOCCC(F)(F)P(=O)(O)O)OCCCCCCCCCCCC. The van der Waals surface area contributed by atoms with Gasteiger partial charge in [-0.2, -0.15) is 8.78 Å². The summed E-state index contributed by atoms with van der Waals surface area (Å²) in [5, 5.41) is 3.30. The van der Waals surface area contributed by atoms with E-state index in [0.717, 1.165) is 19.4 Å². The molecule has 0 aromatic carbocycles. The molecule has 13 heteroatoms. The molecule has 51 heavy (non-hydrogen) atoms. The van der Waals surface area contributed by atoms with Crippen molar-refractivity contribution in [1.82, 2.24) is 5.32 Å². The van der Waals surface area contributed by atoms with Crippen molar-refractivity contribution in [3.8, 4) is 0 Å². The van der Waals surface area contributed by atoms with Crippen LogP contribution in [0, 0.1) is 0 Å². The second kappa shape index (κ2) is 35.2. The van der Waals surface area contributed by atoms with E-state index < -0.39 is 32.3 Å². The molecule has 0 amide bonds. The van der Waals surface area contributed by atoms with Gasteiger partial charge >= 0.3 is 13.3 Å². The molecular formula is C38H77F2N2O8P. The maximum Gasteiger partial charge on any atom is 0.394 e. The van der Waals surface area contributed by atoms with Gasteiger partial charge < -0.3 is 39.8 Å². The molecule has 0 saturated heterocycles. The molecule has 0 rings (SSSR count). The van der Waals surface area contributed by atoms with Gasteiger partial charge in [0.15, 0.2) is 5.78 Å². The summed E-state index contributed by atoms with van der Waals surface area (Å²) in [5.41, 5.74) is 2.03. The van der Waals surface area contributed by atoms with Gasteiger partial charge in [0.2, 0.25) is 0 Å². The van der Waals surface area contributed by atoms with Crippen LogP contribution in [0.5, 0.6) is 0 Å². The van der Waals surface area contributed by atoms with Gasteiger partial charge in [-0.15, -0.1) is 0 Å². The zero-order valence-corrected chi connectivity index (χ0v) is 33.3. The van der Waals surface area contributed by atoms with Gasteiger partial charge in [0.1, 0.15) is 0 Å². The highest BCUT2D eigenvalue weighted by Gasteiger charge is 2.48. The molecule has 0 aromatic rings. The Balaban J connectivity index is 4.22. The van der Waals surface area contributed by atoms with Crippen LogP contribution >= 0.6 is 7.60 Å². The first-order chi connectivity index (χ1) is 24.5. The van der Waals surface area contributed by atoms with E-state index in [-0.39, 0.29) is 38.1 Å². The number of Topliss-reactive ketones (excluding diaryl/α,β-unsaturated/α-hetero) is 1. The van der Waals surface area contributed by atoms with E-state index in [4.69, 9.17) is 34.5 Å². The first-order valence-electron chi connectivity index (χ1n) is 20.3. The van der Waals surface area contributed by atoms with E-state index in [1.54, 1.807) is 0 Å². The largest absolute Gasteiger partial charge is 0.394 e. The molecule has 0 aliphatic rings. The van der Waals surface area contributed by atoms with Crippen LogP contribution in [0.4, 0.5) is 8.78 Å². The molecule has 5 N–H and O–H groups in total. The molecule has 0 aromatic heterocycles. The van der Waals surface area contributed by atoms with Crippen molar-refractivity contribution in [3.63, 3.8) is 0 Å². The molecule has 0 unspecified atom stereocenters. The predicted molar refractivity (Wildman–Crippen MR) is 203 cm³/mol. The Hall–Kier alpha value is -0.560. The molecule has 0 radical (unpaired) electrons. The van der Waals surface area contributed by atoms with Crippen molar-refractivity contribution < 1.29 is 46.9 Å². The topological polar surface area (TPSA) is 150 Å². The second-order valence-electron chi connectivity index (χ2n) is 14.0. The minimum absolute atomic E-state index is 0.0000189. The van der Waals surface area contributed by atoms with Gasteiger partial charge in [0.05, 0.1) is 38.6 Å². The molecule has 10 nitrogen and oxygen atoms in total. The summed E-state index contributed by atoms with van der Waals surface area (Å²) in [5.74, 6) is -0.0814. The fourth-order valence-electron chi connectivity index (χ4n) is 5.62. The van der Waals surface area contributed by atoms with Crippen molar-refractivity contribution in [1.29, 1.82) is 0 Å². The fourth-order valence-corrected chi connectivity index (χ4v) is 6.00. The Morgan fingerprint density at radius 2 is 1.10 bits per heavy atom. The van der Waals surface area contributed by atoms with Gasteiger partial charge in [-0.05, 0) is 19.3 Å². The summed E-state index contributed by atoms with van der Waals surface area (Å²) >= 11 is 0. The third-order valence-corrected chi connectivity index (χ3v) is 10.1. The zero-order valence-electron chi connectivity index (χ0n) is 32.4. The second-order valence-corrected chi connectivity index (χ2v) is 15.7. The molecule has 0 aliphatic carbocycles. The molecule has 0 fully saturated rings. The van der Waals surface area contributed by atoms with Crippen molar-refractivity contribution in [2.45, 2.75) is 179 Å². The van der Waals surface area contributed by atoms with E-state index in [9.17, 15) is 18.1 Å². The molecule has 0 saturated carbocycles. The maximum absolute atomic E-state index is 13.2. The minimum atomic E-state index is -5.50. The van der Waals surface area contributed by atoms with Crippen LogP contribution in [0.15, 0.2) is 0 Å². The number of hydrogen-bond donors (Lipinski definition) is 4. The number of hydrogen-bond acceptors (Lipinski definition) is 8. The van der Waals surface area contributed by atoms with Crippen LogP contribution in [0.25, 0.3) is 0 Å². The van der Waals surface area contributed by atoms with Gasteiger partial charge in [0, 0.05) is 45.8 Å². The van der Waals surface area contributed by atoms with Crippen molar-refractivity contribution in [2.24, 2.45) is 5.73 Å². The molecule has 2 atom stereocenters. The van der Waals surface area contributed by atoms with Crippen LogP contribution in [0.3, 0.4) is 0 Å². The van der Waals surface area contributed by atoms with Gasteiger partial charge in [-0.3, -0.25) is 9.36 Å². The highest BCUT2D eigenvalue weighted by atomic mass is 31.2. The molecule has 0 bridgehead atoms. The third kappa shape index (κ3) is 32.6. The lowest BCUT2D eigenvalue weighted by Crippen LogP contribution is -2.44. The molecule has 0 aliphatic heterocycles. The van der Waals surface area contributed by atoms with E-state index in [0.29, 0.717) is 32.7 Å². The van der Waals surface area contributed by atoms with Crippen LogP contribution in [-0.4, -0.2) is 92.7 Å². The smallest absolute Gasteiger partial charge is 0.379 e. The standard InChI is InChI=1S/C38H77F2N2O8P/c1-3-5-7-9-11-13-15-17-19-21-26-49-34-35(50-28-22-20-18-16-14-12-10-8-6-4-2)32-42-33-36(41)37(43)24-23-27-47-30-31-48-29-25-38(39,40)51(44,45)46/h35-36,42H,3-34,41H2,1-2H3,(H2,44,45,46)/t35-,36-/m1/s1. The number of nitrogens with one attached hydrogen (secondary N) is 1. The lowest BCUT2D eigenvalue weighted by molar-refractivity contribution is -0.120. The Morgan fingerprint density at radius 3 is 1.61 bits per heavy atom. The Labute approximate surface area is 309 Å². The highest BCUT2D eigenvalue weighted by molar-refractivity contribution is 7.53. The number of halogens is 2. The Morgan fingerprint density at radius 1 is 0.647 bits per heavy atom. The van der Waals surface area contributed by atoms with Crippen LogP contribution < -0.4 is 11.1 Å². The first-order valence-corrected chi connectivity index (χ1v) is 21.9. The number of carbonyl (C=O) groups is 1. The highest BCUT2D eigenvalue weighted by Crippen LogP contribution is 2.54. The summed E-state index contributed by atoms with van der Waals surface area (Å²) in [7, 11) is -5.50. The van der Waals surface area contributed by atoms with Crippen molar-refractivity contribution in [3.05, 3.63) is 0 Å². The Bertz CT molecular complexity index is 825. The maximum atomic E-state index is 13.2. The average Bonchev–Trinajstić information content (AvgIpc) is 3.09. The van der Waals surface area contributed by atoms with Crippen molar-refractivity contribution in [2.75, 3.05) is 59.3 Å². The quantitative estimate of drug-likeness (QED) is 0.0352. The number of nitrogens with two attached hydrogens (primary N) is 1. The van der Waals surface area contributed by atoms with Crippen LogP contribution in [0.1, 0.15) is 162 Å². The van der Waals surface area contributed by atoms with E-state index in [1.165, 1.54) is 116 Å². The number of ketones is 1. The Kier molecular flexibility index (Phi) is 34.8. The normalized spacial score (nSPS) is 13.5. The number of rotatable bonds is 41. The summed E-state index contributed by atoms with van der Waals surface area (Å²) in [4.78, 5) is 29.7. The number of alkyl halides is 2. The van der Waals surface area contributed by atoms with Crippen LogP contribution in [0.2, 0.25) is 0 Å². The average molecular weight is 759 g/mol. The van der Waals surface area contributed by atoms with E-state index >= 15 is 0 Å². The van der Waals surface area contributed by atoms with Gasteiger partial charge in [0.25, 0.3) is 0 Å². The number of unbranched alkanes of at least 4 members (excludes halogenated alkanes) is 18. The van der Waals surface area contributed by atoms with Gasteiger partial charge in [-0.1, -0.05) is 129 Å². The van der Waals surface area contributed by atoms with Crippen LogP contribution in [-0.2, 0) is 28.3 Å². The number of carbonyl (C=O) groups excluding carboxylic acids is 1. The predicted octanol–water partition coefficient (Wildman–Crippen LogP) is 8.69. The van der Waals surface area contributed by atoms with Gasteiger partial charge in [-0.25, -0.2) is 0 Å². The molecular weight excluding hydrogens is 681 g/mol. The van der Waals surface area contributed by atoms with E-state index in [1.807, 2.05) is 0 Å². The molecule has 306 valence electrons. The zero-order chi connectivity index (χ0) is 37.9. The third-order valence-electron chi connectivity index (χ3n) is 9.00. The monoisotopic (exact) mass is 759 g/mol. The summed E-state index contributed by atoms with van der Waals surface area (Å²) in [6.07, 6.45) is 25.2. The fraction of sp³-hybridized carbons (Fsp3) is 0.974. The van der Waals surface area contributed by atoms with Crippen molar-refractivity contribution >= 4 is 13.4 Å². The molecule has 0 spiro atoms.